The maximum absolute atomic E-state index is 11.2. The summed E-state index contributed by atoms with van der Waals surface area (Å²) in [6.45, 7) is 6.80. The van der Waals surface area contributed by atoms with Crippen LogP contribution in [0.1, 0.15) is 27.7 Å². The Morgan fingerprint density at radius 2 is 1.94 bits per heavy atom. The first-order chi connectivity index (χ1) is 6.99. The van der Waals surface area contributed by atoms with Crippen LogP contribution in [0, 0.1) is 0 Å². The lowest BCUT2D eigenvalue weighted by Crippen LogP contribution is -2.36. The Hall–Kier alpha value is -1.08. The second kappa shape index (κ2) is 5.31. The monoisotopic (exact) mass is 250 g/mol. The minimum atomic E-state index is -3.66. The topological polar surface area (TPSA) is 98.5 Å². The summed E-state index contributed by atoms with van der Waals surface area (Å²) in [6, 6.07) is -0.479. The normalized spacial score (nSPS) is 14.8. The summed E-state index contributed by atoms with van der Waals surface area (Å²) in [7, 11) is -3.66. The van der Waals surface area contributed by atoms with Crippen LogP contribution in [0.4, 0.5) is 4.79 Å². The van der Waals surface area contributed by atoms with Gasteiger partial charge in [0, 0.05) is 11.4 Å². The molecule has 0 aliphatic rings. The zero-order valence-electron chi connectivity index (χ0n) is 9.85. The van der Waals surface area contributed by atoms with Gasteiger partial charge in [-0.05, 0) is 33.8 Å². The van der Waals surface area contributed by atoms with Crippen molar-refractivity contribution in [2.75, 3.05) is 0 Å². The summed E-state index contributed by atoms with van der Waals surface area (Å²) < 4.78 is 26.2. The Labute approximate surface area is 95.9 Å². The highest BCUT2D eigenvalue weighted by Crippen LogP contribution is 2.06. The fourth-order valence-electron chi connectivity index (χ4n) is 0.769. The highest BCUT2D eigenvalue weighted by molar-refractivity contribution is 7.92. The number of carbonyl (C=O) groups excluding carboxylic acids is 1. The van der Waals surface area contributed by atoms with E-state index in [0.29, 0.717) is 0 Å². The molecule has 0 fully saturated rings. The molecule has 0 unspecified atom stereocenters. The Kier molecular flexibility index (Phi) is 4.95. The Morgan fingerprint density at radius 3 is 2.31 bits per heavy atom. The maximum atomic E-state index is 11.2. The van der Waals surface area contributed by atoms with Crippen LogP contribution < -0.4 is 10.5 Å². The van der Waals surface area contributed by atoms with Gasteiger partial charge in [0.25, 0.3) is 0 Å². The summed E-state index contributed by atoms with van der Waals surface area (Å²) in [6.07, 6.45) is 0.651. The zero-order chi connectivity index (χ0) is 13.0. The van der Waals surface area contributed by atoms with Gasteiger partial charge in [-0.25, -0.2) is 18.4 Å². The highest BCUT2D eigenvalue weighted by Gasteiger charge is 2.16. The first-order valence-electron chi connectivity index (χ1n) is 4.70. The van der Waals surface area contributed by atoms with E-state index >= 15 is 0 Å². The molecule has 0 saturated heterocycles. The van der Waals surface area contributed by atoms with E-state index in [0.717, 1.165) is 5.41 Å². The first-order valence-corrected chi connectivity index (χ1v) is 6.31. The van der Waals surface area contributed by atoms with Crippen LogP contribution in [0.5, 0.6) is 0 Å². The highest BCUT2D eigenvalue weighted by atomic mass is 32.2. The summed E-state index contributed by atoms with van der Waals surface area (Å²) in [5.74, 6) is 0. The molecule has 0 spiro atoms. The Morgan fingerprint density at radius 1 is 1.44 bits per heavy atom. The van der Waals surface area contributed by atoms with E-state index in [1.54, 1.807) is 27.7 Å². The minimum absolute atomic E-state index is 0.479. The molecular formula is C9H18N2O4S. The molecule has 7 heteroatoms. The minimum Gasteiger partial charge on any atom is -0.444 e. The molecule has 0 bridgehead atoms. The third kappa shape index (κ3) is 9.47. The first kappa shape index (κ1) is 14.9. The van der Waals surface area contributed by atoms with Crippen LogP contribution in [0.15, 0.2) is 11.5 Å². The van der Waals surface area contributed by atoms with Gasteiger partial charge in [0.15, 0.2) is 0 Å². The Bertz CT molecular complexity index is 367. The number of primary sulfonamides is 1. The van der Waals surface area contributed by atoms with Crippen molar-refractivity contribution in [1.82, 2.24) is 5.32 Å². The number of ether oxygens (including phenoxy) is 1. The number of carbonyl (C=O) groups is 1. The van der Waals surface area contributed by atoms with Crippen molar-refractivity contribution in [3.8, 4) is 0 Å². The third-order valence-electron chi connectivity index (χ3n) is 1.30. The van der Waals surface area contributed by atoms with Crippen molar-refractivity contribution in [2.45, 2.75) is 39.3 Å². The van der Waals surface area contributed by atoms with E-state index in [2.05, 4.69) is 5.32 Å². The van der Waals surface area contributed by atoms with Gasteiger partial charge in [-0.2, -0.15) is 0 Å². The largest absolute Gasteiger partial charge is 0.444 e. The fraction of sp³-hybridized carbons (Fsp3) is 0.667. The van der Waals surface area contributed by atoms with Gasteiger partial charge >= 0.3 is 6.09 Å². The molecule has 0 aliphatic heterocycles. The van der Waals surface area contributed by atoms with Crippen molar-refractivity contribution < 1.29 is 17.9 Å². The molecule has 0 heterocycles. The van der Waals surface area contributed by atoms with Gasteiger partial charge in [0.1, 0.15) is 5.60 Å². The molecule has 0 aromatic heterocycles. The van der Waals surface area contributed by atoms with E-state index in [-0.39, 0.29) is 0 Å². The Balaban J connectivity index is 4.22. The molecule has 0 aliphatic carbocycles. The van der Waals surface area contributed by atoms with E-state index in [4.69, 9.17) is 9.88 Å². The molecule has 1 amide bonds. The standard InChI is InChI=1S/C9H18N2O4S/c1-7(5-6-16(10,13)14)11-8(12)15-9(2,3)4/h5-7H,1-4H3,(H,11,12)(H2,10,13,14)/b6-5+/t7-/m0/s1. The van der Waals surface area contributed by atoms with Crippen molar-refractivity contribution in [2.24, 2.45) is 5.14 Å². The number of nitrogens with two attached hydrogens (primary N) is 1. The molecule has 0 saturated carbocycles. The van der Waals surface area contributed by atoms with Crippen molar-refractivity contribution >= 4 is 16.1 Å². The van der Waals surface area contributed by atoms with Crippen molar-refractivity contribution in [1.29, 1.82) is 0 Å². The zero-order valence-corrected chi connectivity index (χ0v) is 10.7. The van der Waals surface area contributed by atoms with Crippen LogP contribution >= 0.6 is 0 Å². The number of nitrogens with one attached hydrogen (secondary N) is 1. The van der Waals surface area contributed by atoms with E-state index in [1.165, 1.54) is 6.08 Å². The second-order valence-electron chi connectivity index (χ2n) is 4.35. The number of hydrogen-bond acceptors (Lipinski definition) is 4. The number of sulfonamides is 1. The van der Waals surface area contributed by atoms with Gasteiger partial charge in [-0.15, -0.1) is 0 Å². The second-order valence-corrected chi connectivity index (χ2v) is 5.80. The molecule has 3 N–H and O–H groups in total. The summed E-state index contributed by atoms with van der Waals surface area (Å²) in [4.78, 5) is 11.2. The summed E-state index contributed by atoms with van der Waals surface area (Å²) in [5, 5.41) is 8.03. The lowest BCUT2D eigenvalue weighted by Gasteiger charge is -2.20. The average Bonchev–Trinajstić information content (AvgIpc) is 1.95. The average molecular weight is 250 g/mol. The van der Waals surface area contributed by atoms with E-state index < -0.39 is 27.8 Å². The molecule has 16 heavy (non-hydrogen) atoms. The van der Waals surface area contributed by atoms with Gasteiger partial charge in [0.2, 0.25) is 10.0 Å². The smallest absolute Gasteiger partial charge is 0.408 e. The van der Waals surface area contributed by atoms with Crippen LogP contribution in [-0.2, 0) is 14.8 Å². The molecular weight excluding hydrogens is 232 g/mol. The number of amides is 1. The summed E-state index contributed by atoms with van der Waals surface area (Å²) >= 11 is 0. The van der Waals surface area contributed by atoms with Crippen LogP contribution in [0.25, 0.3) is 0 Å². The molecule has 94 valence electrons. The third-order valence-corrected chi connectivity index (χ3v) is 1.84. The number of rotatable bonds is 3. The van der Waals surface area contributed by atoms with Gasteiger partial charge in [0.05, 0.1) is 0 Å². The van der Waals surface area contributed by atoms with E-state index in [9.17, 15) is 13.2 Å². The number of alkyl carbamates (subject to hydrolysis) is 1. The predicted molar refractivity (Wildman–Crippen MR) is 61.1 cm³/mol. The molecule has 0 radical (unpaired) electrons. The fourth-order valence-corrected chi connectivity index (χ4v) is 1.22. The van der Waals surface area contributed by atoms with Gasteiger partial charge in [-0.1, -0.05) is 0 Å². The maximum Gasteiger partial charge on any atom is 0.408 e. The molecule has 0 aromatic rings. The quantitative estimate of drug-likeness (QED) is 0.770. The molecule has 6 nitrogen and oxygen atoms in total. The molecule has 1 atom stereocenters. The SMILES string of the molecule is C[C@@H](/C=C/S(N)(=O)=O)NC(=O)OC(C)(C)C. The number of hydrogen-bond donors (Lipinski definition) is 2. The van der Waals surface area contributed by atoms with Crippen LogP contribution in [-0.4, -0.2) is 26.2 Å². The van der Waals surface area contributed by atoms with Crippen molar-refractivity contribution in [3.05, 3.63) is 11.5 Å². The van der Waals surface area contributed by atoms with E-state index in [1.807, 2.05) is 0 Å². The molecule has 0 rings (SSSR count). The van der Waals surface area contributed by atoms with Crippen LogP contribution in [0.2, 0.25) is 0 Å². The van der Waals surface area contributed by atoms with Gasteiger partial charge in [-0.3, -0.25) is 0 Å². The summed E-state index contributed by atoms with van der Waals surface area (Å²) in [5.41, 5.74) is -0.590. The molecule has 0 aromatic carbocycles. The lowest BCUT2D eigenvalue weighted by molar-refractivity contribution is 0.0518. The lowest BCUT2D eigenvalue weighted by atomic mass is 10.2. The predicted octanol–water partition coefficient (Wildman–Crippen LogP) is 0.702. The van der Waals surface area contributed by atoms with Gasteiger partial charge < -0.3 is 10.1 Å². The van der Waals surface area contributed by atoms with Crippen LogP contribution in [0.3, 0.4) is 0 Å². The van der Waals surface area contributed by atoms with Crippen molar-refractivity contribution in [3.63, 3.8) is 0 Å².